The van der Waals surface area contributed by atoms with Crippen LogP contribution in [0, 0.1) is 0 Å². The molecule has 3 aromatic rings. The van der Waals surface area contributed by atoms with E-state index in [1.807, 2.05) is 12.1 Å². The molecule has 1 unspecified atom stereocenters. The van der Waals surface area contributed by atoms with Gasteiger partial charge in [-0.2, -0.15) is 0 Å². The van der Waals surface area contributed by atoms with Gasteiger partial charge in [0.2, 0.25) is 12.3 Å². The molecule has 2 aromatic carbocycles. The van der Waals surface area contributed by atoms with E-state index in [9.17, 15) is 4.79 Å². The highest BCUT2D eigenvalue weighted by Crippen LogP contribution is 2.35. The second-order valence-corrected chi connectivity index (χ2v) is 7.34. The highest BCUT2D eigenvalue weighted by atomic mass is 16.7. The number of hydrogen-bond acceptors (Lipinski definition) is 7. The van der Waals surface area contributed by atoms with Crippen LogP contribution in [0.15, 0.2) is 51.9 Å². The highest BCUT2D eigenvalue weighted by molar-refractivity contribution is 5.97. The molecule has 0 spiro atoms. The Morgan fingerprint density at radius 1 is 1.19 bits per heavy atom. The largest absolute Gasteiger partial charge is 0.493 e. The summed E-state index contributed by atoms with van der Waals surface area (Å²) in [4.78, 5) is 17.6. The van der Waals surface area contributed by atoms with Crippen molar-refractivity contribution in [3.05, 3.63) is 53.6 Å². The Labute approximate surface area is 178 Å². The maximum atomic E-state index is 13.0. The maximum absolute atomic E-state index is 13.0. The van der Waals surface area contributed by atoms with Gasteiger partial charge in [-0.3, -0.25) is 4.79 Å². The van der Waals surface area contributed by atoms with Gasteiger partial charge in [0.15, 0.2) is 22.8 Å². The molecule has 0 saturated carbocycles. The summed E-state index contributed by atoms with van der Waals surface area (Å²) in [5, 5.41) is 3.68. The fourth-order valence-corrected chi connectivity index (χ4v) is 3.71. The van der Waals surface area contributed by atoms with Crippen molar-refractivity contribution < 1.29 is 28.2 Å². The Morgan fingerprint density at radius 2 is 2.10 bits per heavy atom. The molecule has 0 aliphatic carbocycles. The lowest BCUT2D eigenvalue weighted by molar-refractivity contribution is 0.0854. The summed E-state index contributed by atoms with van der Waals surface area (Å²) in [6.45, 7) is 1.35. The van der Waals surface area contributed by atoms with Gasteiger partial charge in [0.1, 0.15) is 5.56 Å². The SMILES string of the molecule is COc1cccc2cc(C(=O)NCC3CCCO3)c(=Nc3ccc4c(c3)OCO4)oc12. The topological polar surface area (TPSA) is 91.5 Å². The van der Waals surface area contributed by atoms with Crippen LogP contribution in [0.2, 0.25) is 0 Å². The summed E-state index contributed by atoms with van der Waals surface area (Å²) in [6.07, 6.45) is 1.99. The van der Waals surface area contributed by atoms with Crippen LogP contribution in [0.3, 0.4) is 0 Å². The number of fused-ring (bicyclic) bond motifs is 2. The molecule has 0 radical (unpaired) electrons. The Hall–Kier alpha value is -3.52. The average Bonchev–Trinajstić information content (AvgIpc) is 3.48. The van der Waals surface area contributed by atoms with Gasteiger partial charge in [-0.05, 0) is 37.1 Å². The zero-order chi connectivity index (χ0) is 21.2. The van der Waals surface area contributed by atoms with Gasteiger partial charge in [-0.25, -0.2) is 4.99 Å². The molecule has 8 heteroatoms. The molecule has 160 valence electrons. The number of methoxy groups -OCH3 is 1. The van der Waals surface area contributed by atoms with Gasteiger partial charge in [0.25, 0.3) is 5.91 Å². The molecule has 1 N–H and O–H groups in total. The van der Waals surface area contributed by atoms with Gasteiger partial charge in [0, 0.05) is 24.6 Å². The highest BCUT2D eigenvalue weighted by Gasteiger charge is 2.20. The smallest absolute Gasteiger partial charge is 0.256 e. The predicted molar refractivity (Wildman–Crippen MR) is 112 cm³/mol. The Bertz CT molecular complexity index is 1200. The fourth-order valence-electron chi connectivity index (χ4n) is 3.71. The normalized spacial score (nSPS) is 17.8. The van der Waals surface area contributed by atoms with Crippen molar-refractivity contribution in [3.8, 4) is 17.2 Å². The van der Waals surface area contributed by atoms with Gasteiger partial charge in [0.05, 0.1) is 18.9 Å². The van der Waals surface area contributed by atoms with E-state index in [2.05, 4.69) is 10.3 Å². The molecule has 1 amide bonds. The van der Waals surface area contributed by atoms with Gasteiger partial charge >= 0.3 is 0 Å². The molecule has 1 saturated heterocycles. The molecule has 1 aromatic heterocycles. The first kappa shape index (κ1) is 19.4. The quantitative estimate of drug-likeness (QED) is 0.678. The minimum absolute atomic E-state index is 0.0377. The summed E-state index contributed by atoms with van der Waals surface area (Å²) in [6, 6.07) is 12.6. The number of carbonyl (C=O) groups excluding carboxylic acids is 1. The summed E-state index contributed by atoms with van der Waals surface area (Å²) in [7, 11) is 1.57. The molecule has 3 heterocycles. The van der Waals surface area contributed by atoms with E-state index in [-0.39, 0.29) is 24.4 Å². The van der Waals surface area contributed by atoms with Crippen molar-refractivity contribution in [1.29, 1.82) is 0 Å². The number of carbonyl (C=O) groups is 1. The Kier molecular flexibility index (Phi) is 5.21. The van der Waals surface area contributed by atoms with Crippen molar-refractivity contribution in [2.45, 2.75) is 18.9 Å². The van der Waals surface area contributed by atoms with Crippen LogP contribution in [0.1, 0.15) is 23.2 Å². The zero-order valence-corrected chi connectivity index (χ0v) is 17.1. The van der Waals surface area contributed by atoms with Crippen molar-refractivity contribution in [2.24, 2.45) is 4.99 Å². The number of nitrogens with zero attached hydrogens (tertiary/aromatic N) is 1. The molecule has 8 nitrogen and oxygen atoms in total. The first-order valence-corrected chi connectivity index (χ1v) is 10.2. The van der Waals surface area contributed by atoms with Crippen molar-refractivity contribution in [2.75, 3.05) is 27.1 Å². The van der Waals surface area contributed by atoms with E-state index in [4.69, 9.17) is 23.4 Å². The fraction of sp³-hybridized carbons (Fsp3) is 0.304. The number of para-hydroxylation sites is 1. The number of hydrogen-bond donors (Lipinski definition) is 1. The molecular weight excluding hydrogens is 400 g/mol. The third kappa shape index (κ3) is 3.94. The maximum Gasteiger partial charge on any atom is 0.256 e. The van der Waals surface area contributed by atoms with Crippen molar-refractivity contribution >= 4 is 22.6 Å². The standard InChI is InChI=1S/C23H22N2O6/c1-27-19-6-2-4-14-10-17(22(26)24-12-16-5-3-9-28-16)23(31-21(14)19)25-15-7-8-18-20(11-15)30-13-29-18/h2,4,6-8,10-11,16H,3,5,9,12-13H2,1H3,(H,24,26). The second kappa shape index (κ2) is 8.31. The van der Waals surface area contributed by atoms with Gasteiger partial charge in [-0.15, -0.1) is 0 Å². The van der Waals surface area contributed by atoms with E-state index in [1.54, 1.807) is 37.4 Å². The van der Waals surface area contributed by atoms with Crippen LogP contribution in [-0.4, -0.2) is 39.1 Å². The zero-order valence-electron chi connectivity index (χ0n) is 17.1. The monoisotopic (exact) mass is 422 g/mol. The minimum Gasteiger partial charge on any atom is -0.493 e. The lowest BCUT2D eigenvalue weighted by Crippen LogP contribution is -2.34. The van der Waals surface area contributed by atoms with Crippen LogP contribution >= 0.6 is 0 Å². The summed E-state index contributed by atoms with van der Waals surface area (Å²) < 4.78 is 27.9. The van der Waals surface area contributed by atoms with Crippen LogP contribution in [0.4, 0.5) is 5.69 Å². The lowest BCUT2D eigenvalue weighted by Gasteiger charge is -2.12. The molecule has 1 atom stereocenters. The summed E-state index contributed by atoms with van der Waals surface area (Å²) >= 11 is 0. The number of rotatable bonds is 5. The Balaban J connectivity index is 1.58. The van der Waals surface area contributed by atoms with Crippen LogP contribution in [-0.2, 0) is 4.74 Å². The van der Waals surface area contributed by atoms with Crippen LogP contribution in [0.25, 0.3) is 11.0 Å². The number of benzene rings is 2. The molecule has 5 rings (SSSR count). The van der Waals surface area contributed by atoms with E-state index in [0.717, 1.165) is 24.8 Å². The predicted octanol–water partition coefficient (Wildman–Crippen LogP) is 3.31. The third-order valence-corrected chi connectivity index (χ3v) is 5.30. The number of amides is 1. The van der Waals surface area contributed by atoms with Gasteiger partial charge < -0.3 is 28.7 Å². The van der Waals surface area contributed by atoms with Crippen LogP contribution < -0.4 is 25.1 Å². The number of ether oxygens (including phenoxy) is 4. The lowest BCUT2D eigenvalue weighted by atomic mass is 10.1. The van der Waals surface area contributed by atoms with Gasteiger partial charge in [-0.1, -0.05) is 12.1 Å². The summed E-state index contributed by atoms with van der Waals surface area (Å²) in [5.74, 6) is 1.55. The van der Waals surface area contributed by atoms with E-state index in [0.29, 0.717) is 40.6 Å². The minimum atomic E-state index is -0.275. The van der Waals surface area contributed by atoms with Crippen molar-refractivity contribution in [1.82, 2.24) is 5.32 Å². The molecular formula is C23H22N2O6. The molecule has 1 fully saturated rings. The average molecular weight is 422 g/mol. The first-order chi connectivity index (χ1) is 15.2. The second-order valence-electron chi connectivity index (χ2n) is 7.34. The molecule has 31 heavy (non-hydrogen) atoms. The molecule has 0 bridgehead atoms. The number of nitrogens with one attached hydrogen (secondary N) is 1. The first-order valence-electron chi connectivity index (χ1n) is 10.2. The van der Waals surface area contributed by atoms with E-state index in [1.165, 1.54) is 0 Å². The van der Waals surface area contributed by atoms with E-state index < -0.39 is 0 Å². The molecule has 2 aliphatic heterocycles. The summed E-state index contributed by atoms with van der Waals surface area (Å²) in [5.41, 5.74) is 1.60. The third-order valence-electron chi connectivity index (χ3n) is 5.30. The molecule has 2 aliphatic rings. The van der Waals surface area contributed by atoms with Crippen LogP contribution in [0.5, 0.6) is 17.2 Å². The van der Waals surface area contributed by atoms with E-state index >= 15 is 0 Å². The van der Waals surface area contributed by atoms with Crippen molar-refractivity contribution in [3.63, 3.8) is 0 Å². The Morgan fingerprint density at radius 3 is 2.94 bits per heavy atom.